The van der Waals surface area contributed by atoms with Gasteiger partial charge in [-0.05, 0) is 26.2 Å². The molecule has 0 heterocycles. The predicted octanol–water partition coefficient (Wildman–Crippen LogP) is 2.57. The maximum absolute atomic E-state index is 5.39. The maximum atomic E-state index is 5.39. The summed E-state index contributed by atoms with van der Waals surface area (Å²) in [6.07, 6.45) is 8.65. The quantitative estimate of drug-likeness (QED) is 0.621. The van der Waals surface area contributed by atoms with Gasteiger partial charge in [-0.25, -0.2) is 0 Å². The molecule has 0 amide bonds. The van der Waals surface area contributed by atoms with Gasteiger partial charge >= 0.3 is 0 Å². The fourth-order valence-corrected chi connectivity index (χ4v) is 1.14. The molecule has 0 aliphatic heterocycles. The van der Waals surface area contributed by atoms with Gasteiger partial charge in [-0.1, -0.05) is 26.7 Å². The summed E-state index contributed by atoms with van der Waals surface area (Å²) in [6, 6.07) is 0.231. The van der Waals surface area contributed by atoms with Crippen molar-refractivity contribution in [3.8, 4) is 12.3 Å². The van der Waals surface area contributed by atoms with Crippen molar-refractivity contribution in [2.45, 2.75) is 58.5 Å². The lowest BCUT2D eigenvalue weighted by Gasteiger charge is -2.31. The third-order valence-electron chi connectivity index (χ3n) is 2.69. The van der Waals surface area contributed by atoms with Gasteiger partial charge in [0.25, 0.3) is 0 Å². The number of hydrogen-bond donors (Lipinski definition) is 1. The van der Waals surface area contributed by atoms with Crippen LogP contribution in [0.25, 0.3) is 0 Å². The van der Waals surface area contributed by atoms with Crippen molar-refractivity contribution < 1.29 is 0 Å². The first-order valence-corrected chi connectivity index (χ1v) is 4.85. The van der Waals surface area contributed by atoms with Gasteiger partial charge in [0, 0.05) is 5.54 Å². The minimum absolute atomic E-state index is 0.215. The molecule has 0 radical (unpaired) electrons. The van der Waals surface area contributed by atoms with E-state index in [1.807, 2.05) is 0 Å². The average molecular weight is 167 g/mol. The summed E-state index contributed by atoms with van der Waals surface area (Å²) in [5.41, 5.74) is 0.215. The van der Waals surface area contributed by atoms with Gasteiger partial charge in [-0.3, -0.25) is 5.32 Å². The molecule has 0 bridgehead atoms. The summed E-state index contributed by atoms with van der Waals surface area (Å²) >= 11 is 0. The highest BCUT2D eigenvalue weighted by atomic mass is 15.0. The second-order valence-electron chi connectivity index (χ2n) is 3.54. The highest BCUT2D eigenvalue weighted by molar-refractivity contribution is 5.01. The molecule has 0 rings (SSSR count). The van der Waals surface area contributed by atoms with E-state index in [0.717, 1.165) is 19.3 Å². The molecule has 70 valence electrons. The summed E-state index contributed by atoms with van der Waals surface area (Å²) < 4.78 is 0. The van der Waals surface area contributed by atoms with Crippen LogP contribution >= 0.6 is 0 Å². The molecule has 1 N–H and O–H groups in total. The molecule has 0 fully saturated rings. The molecular weight excluding hydrogens is 146 g/mol. The Morgan fingerprint density at radius 2 is 1.83 bits per heavy atom. The molecule has 0 aromatic rings. The minimum atomic E-state index is 0.215. The molecule has 1 unspecified atom stereocenters. The summed E-state index contributed by atoms with van der Waals surface area (Å²) in [7, 11) is 0. The van der Waals surface area contributed by atoms with Crippen LogP contribution in [0.5, 0.6) is 0 Å². The lowest BCUT2D eigenvalue weighted by Crippen LogP contribution is -2.46. The Morgan fingerprint density at radius 3 is 2.08 bits per heavy atom. The van der Waals surface area contributed by atoms with E-state index in [1.54, 1.807) is 0 Å². The monoisotopic (exact) mass is 167 g/mol. The molecule has 0 aliphatic carbocycles. The molecule has 0 aromatic carbocycles. The zero-order valence-corrected chi connectivity index (χ0v) is 8.78. The Bertz CT molecular complexity index is 151. The Kier molecular flexibility index (Phi) is 5.01. The maximum Gasteiger partial charge on any atom is 0.0688 e. The van der Waals surface area contributed by atoms with Gasteiger partial charge in [0.2, 0.25) is 0 Å². The fraction of sp³-hybridized carbons (Fsp3) is 0.818. The summed E-state index contributed by atoms with van der Waals surface area (Å²) in [4.78, 5) is 0. The molecule has 1 atom stereocenters. The third-order valence-corrected chi connectivity index (χ3v) is 2.69. The van der Waals surface area contributed by atoms with E-state index in [1.165, 1.54) is 0 Å². The summed E-state index contributed by atoms with van der Waals surface area (Å²) in [5.74, 6) is 2.76. The topological polar surface area (TPSA) is 12.0 Å². The minimum Gasteiger partial charge on any atom is -0.298 e. The fourth-order valence-electron chi connectivity index (χ4n) is 1.14. The van der Waals surface area contributed by atoms with E-state index in [0.29, 0.717) is 0 Å². The smallest absolute Gasteiger partial charge is 0.0688 e. The molecule has 0 saturated carbocycles. The van der Waals surface area contributed by atoms with Crippen molar-refractivity contribution >= 4 is 0 Å². The number of rotatable bonds is 5. The zero-order chi connectivity index (χ0) is 9.61. The second-order valence-corrected chi connectivity index (χ2v) is 3.54. The van der Waals surface area contributed by atoms with E-state index in [4.69, 9.17) is 6.42 Å². The van der Waals surface area contributed by atoms with E-state index in [9.17, 15) is 0 Å². The van der Waals surface area contributed by atoms with Gasteiger partial charge in [-0.2, -0.15) is 0 Å². The molecule has 1 nitrogen and oxygen atoms in total. The zero-order valence-electron chi connectivity index (χ0n) is 8.78. The van der Waals surface area contributed by atoms with Crippen LogP contribution in [-0.4, -0.2) is 11.6 Å². The van der Waals surface area contributed by atoms with Crippen molar-refractivity contribution in [1.82, 2.24) is 5.32 Å². The molecule has 0 saturated heterocycles. The molecular formula is C11H21N. The second kappa shape index (κ2) is 5.22. The standard InChI is InChI=1S/C11H21N/c1-6-10(7-2)12-11(5,8-3)9-4/h1,10,12H,7-9H2,2-5H3. The van der Waals surface area contributed by atoms with Crippen LogP contribution in [0.15, 0.2) is 0 Å². The Morgan fingerprint density at radius 1 is 1.33 bits per heavy atom. The van der Waals surface area contributed by atoms with Crippen molar-refractivity contribution in [2.75, 3.05) is 0 Å². The summed E-state index contributed by atoms with van der Waals surface area (Å²) in [6.45, 7) is 8.73. The Labute approximate surface area is 76.9 Å². The van der Waals surface area contributed by atoms with Crippen molar-refractivity contribution in [3.63, 3.8) is 0 Å². The van der Waals surface area contributed by atoms with Crippen LogP contribution in [-0.2, 0) is 0 Å². The van der Waals surface area contributed by atoms with E-state index in [2.05, 4.69) is 38.9 Å². The highest BCUT2D eigenvalue weighted by Gasteiger charge is 2.21. The Hall–Kier alpha value is -0.480. The van der Waals surface area contributed by atoms with Gasteiger partial charge in [0.1, 0.15) is 0 Å². The average Bonchev–Trinajstić information content (AvgIpc) is 2.14. The van der Waals surface area contributed by atoms with E-state index in [-0.39, 0.29) is 11.6 Å². The van der Waals surface area contributed by atoms with Crippen LogP contribution in [0.1, 0.15) is 47.0 Å². The van der Waals surface area contributed by atoms with Gasteiger partial charge in [-0.15, -0.1) is 6.42 Å². The largest absolute Gasteiger partial charge is 0.298 e. The van der Waals surface area contributed by atoms with Gasteiger partial charge in [0.05, 0.1) is 6.04 Å². The SMILES string of the molecule is C#CC(CC)NC(C)(CC)CC. The van der Waals surface area contributed by atoms with Crippen LogP contribution in [0, 0.1) is 12.3 Å². The first kappa shape index (κ1) is 11.5. The molecule has 1 heteroatoms. The molecule has 0 aliphatic rings. The lowest BCUT2D eigenvalue weighted by molar-refractivity contribution is 0.310. The van der Waals surface area contributed by atoms with E-state index < -0.39 is 0 Å². The van der Waals surface area contributed by atoms with Crippen LogP contribution in [0.4, 0.5) is 0 Å². The molecule has 0 aromatic heterocycles. The van der Waals surface area contributed by atoms with Crippen LogP contribution in [0.2, 0.25) is 0 Å². The van der Waals surface area contributed by atoms with Gasteiger partial charge in [0.15, 0.2) is 0 Å². The van der Waals surface area contributed by atoms with Crippen LogP contribution < -0.4 is 5.32 Å². The van der Waals surface area contributed by atoms with Crippen molar-refractivity contribution in [1.29, 1.82) is 0 Å². The number of hydrogen-bond acceptors (Lipinski definition) is 1. The lowest BCUT2D eigenvalue weighted by atomic mass is 9.94. The normalized spacial score (nSPS) is 13.9. The van der Waals surface area contributed by atoms with Crippen molar-refractivity contribution in [3.05, 3.63) is 0 Å². The predicted molar refractivity (Wildman–Crippen MR) is 55.0 cm³/mol. The first-order valence-electron chi connectivity index (χ1n) is 4.85. The number of terminal acetylenes is 1. The van der Waals surface area contributed by atoms with Crippen molar-refractivity contribution in [2.24, 2.45) is 0 Å². The molecule has 0 spiro atoms. The number of nitrogens with one attached hydrogen (secondary N) is 1. The van der Waals surface area contributed by atoms with E-state index >= 15 is 0 Å². The Balaban J connectivity index is 4.10. The van der Waals surface area contributed by atoms with Gasteiger partial charge < -0.3 is 0 Å². The third kappa shape index (κ3) is 3.28. The highest BCUT2D eigenvalue weighted by Crippen LogP contribution is 2.14. The summed E-state index contributed by atoms with van der Waals surface area (Å²) in [5, 5.41) is 3.49. The van der Waals surface area contributed by atoms with Crippen LogP contribution in [0.3, 0.4) is 0 Å². The molecule has 12 heavy (non-hydrogen) atoms. The first-order chi connectivity index (χ1) is 5.61.